The lowest BCUT2D eigenvalue weighted by atomic mass is 9.93. The molecule has 1 aromatic heterocycles. The smallest absolute Gasteiger partial charge is 0.224 e. The number of hydrogen-bond donors (Lipinski definition) is 2. The summed E-state index contributed by atoms with van der Waals surface area (Å²) in [7, 11) is 1.66. The van der Waals surface area contributed by atoms with Crippen molar-refractivity contribution in [2.45, 2.75) is 45.2 Å². The third-order valence-corrected chi connectivity index (χ3v) is 5.81. The van der Waals surface area contributed by atoms with Gasteiger partial charge in [0.15, 0.2) is 0 Å². The highest BCUT2D eigenvalue weighted by Crippen LogP contribution is 2.24. The number of hydrogen-bond acceptors (Lipinski definition) is 5. The van der Waals surface area contributed by atoms with Gasteiger partial charge in [0, 0.05) is 51.6 Å². The molecule has 3 heterocycles. The van der Waals surface area contributed by atoms with E-state index in [2.05, 4.69) is 32.0 Å². The quantitative estimate of drug-likeness (QED) is 0.711. The number of H-pyrrole nitrogens is 1. The first kappa shape index (κ1) is 19.3. The van der Waals surface area contributed by atoms with E-state index in [0.29, 0.717) is 19.2 Å². The summed E-state index contributed by atoms with van der Waals surface area (Å²) in [6.07, 6.45) is 6.27. The summed E-state index contributed by atoms with van der Waals surface area (Å²) < 4.78 is 5.01. The van der Waals surface area contributed by atoms with E-state index in [0.717, 1.165) is 51.3 Å². The molecule has 2 fully saturated rings. The van der Waals surface area contributed by atoms with Gasteiger partial charge in [0.25, 0.3) is 0 Å². The number of imidazole rings is 1. The SMILES string of the molecule is COCCNC(=O)C1CCCN(C2CCN(Cc3nc[nH]c3C)CC2)C1. The molecule has 2 aliphatic heterocycles. The Bertz CT molecular complexity index is 568. The van der Waals surface area contributed by atoms with Crippen molar-refractivity contribution in [2.75, 3.05) is 46.4 Å². The maximum Gasteiger partial charge on any atom is 0.224 e. The third-order valence-electron chi connectivity index (χ3n) is 5.81. The largest absolute Gasteiger partial charge is 0.383 e. The summed E-state index contributed by atoms with van der Waals surface area (Å²) in [6.45, 7) is 8.46. The first-order valence-corrected chi connectivity index (χ1v) is 9.89. The molecule has 2 N–H and O–H groups in total. The molecule has 0 radical (unpaired) electrons. The Morgan fingerprint density at radius 3 is 2.85 bits per heavy atom. The summed E-state index contributed by atoms with van der Waals surface area (Å²) >= 11 is 0. The predicted octanol–water partition coefficient (Wildman–Crippen LogP) is 1.16. The van der Waals surface area contributed by atoms with Gasteiger partial charge in [0.05, 0.1) is 24.5 Å². The lowest BCUT2D eigenvalue weighted by Crippen LogP contribution is -2.50. The van der Waals surface area contributed by atoms with Crippen molar-refractivity contribution in [1.82, 2.24) is 25.1 Å². The number of aromatic nitrogens is 2. The van der Waals surface area contributed by atoms with Gasteiger partial charge in [-0.25, -0.2) is 4.98 Å². The van der Waals surface area contributed by atoms with Crippen LogP contribution in [0.15, 0.2) is 6.33 Å². The van der Waals surface area contributed by atoms with Gasteiger partial charge in [0.2, 0.25) is 5.91 Å². The number of nitrogens with zero attached hydrogens (tertiary/aromatic N) is 3. The maximum atomic E-state index is 12.4. The molecule has 2 aliphatic rings. The molecule has 1 aromatic rings. The van der Waals surface area contributed by atoms with Crippen LogP contribution in [0.3, 0.4) is 0 Å². The van der Waals surface area contributed by atoms with Crippen LogP contribution in [-0.2, 0) is 16.1 Å². The molecule has 0 spiro atoms. The molecule has 1 amide bonds. The van der Waals surface area contributed by atoms with Crippen molar-refractivity contribution >= 4 is 5.91 Å². The third kappa shape index (κ3) is 5.05. The van der Waals surface area contributed by atoms with Gasteiger partial charge in [-0.1, -0.05) is 0 Å². The number of rotatable bonds is 7. The number of nitrogens with one attached hydrogen (secondary N) is 2. The summed E-state index contributed by atoms with van der Waals surface area (Å²) in [4.78, 5) is 25.0. The lowest BCUT2D eigenvalue weighted by molar-refractivity contribution is -0.127. The summed E-state index contributed by atoms with van der Waals surface area (Å²) in [5.41, 5.74) is 2.33. The molecule has 146 valence electrons. The first-order valence-electron chi connectivity index (χ1n) is 9.89. The van der Waals surface area contributed by atoms with Gasteiger partial charge < -0.3 is 15.0 Å². The fraction of sp³-hybridized carbons (Fsp3) is 0.789. The van der Waals surface area contributed by atoms with Crippen molar-refractivity contribution < 1.29 is 9.53 Å². The second-order valence-corrected chi connectivity index (χ2v) is 7.60. The number of ether oxygens (including phenoxy) is 1. The van der Waals surface area contributed by atoms with Gasteiger partial charge in [-0.3, -0.25) is 14.6 Å². The number of methoxy groups -OCH3 is 1. The van der Waals surface area contributed by atoms with Gasteiger partial charge in [-0.2, -0.15) is 0 Å². The van der Waals surface area contributed by atoms with E-state index in [4.69, 9.17) is 4.74 Å². The molecule has 1 unspecified atom stereocenters. The van der Waals surface area contributed by atoms with Crippen LogP contribution in [0.5, 0.6) is 0 Å². The Hall–Kier alpha value is -1.44. The number of piperidine rings is 2. The molecule has 0 bridgehead atoms. The zero-order chi connectivity index (χ0) is 18.4. The first-order chi connectivity index (χ1) is 12.7. The fourth-order valence-corrected chi connectivity index (χ4v) is 4.17. The predicted molar refractivity (Wildman–Crippen MR) is 101 cm³/mol. The zero-order valence-corrected chi connectivity index (χ0v) is 16.2. The van der Waals surface area contributed by atoms with Crippen LogP contribution in [-0.4, -0.2) is 78.2 Å². The van der Waals surface area contributed by atoms with Crippen LogP contribution in [0.4, 0.5) is 0 Å². The van der Waals surface area contributed by atoms with Gasteiger partial charge >= 0.3 is 0 Å². The molecule has 2 saturated heterocycles. The molecular formula is C19H33N5O2. The normalized spacial score (nSPS) is 23.2. The van der Waals surface area contributed by atoms with E-state index < -0.39 is 0 Å². The van der Waals surface area contributed by atoms with Crippen molar-refractivity contribution in [3.05, 3.63) is 17.7 Å². The van der Waals surface area contributed by atoms with Crippen molar-refractivity contribution in [3.63, 3.8) is 0 Å². The molecule has 0 saturated carbocycles. The molecular weight excluding hydrogens is 330 g/mol. The average molecular weight is 364 g/mol. The van der Waals surface area contributed by atoms with Crippen molar-refractivity contribution in [1.29, 1.82) is 0 Å². The van der Waals surface area contributed by atoms with Crippen LogP contribution in [0, 0.1) is 12.8 Å². The number of aryl methyl sites for hydroxylation is 1. The maximum absolute atomic E-state index is 12.4. The van der Waals surface area contributed by atoms with E-state index in [1.165, 1.54) is 18.5 Å². The highest BCUT2D eigenvalue weighted by Gasteiger charge is 2.31. The Labute approximate surface area is 156 Å². The average Bonchev–Trinajstić information content (AvgIpc) is 3.07. The van der Waals surface area contributed by atoms with Gasteiger partial charge in [-0.15, -0.1) is 0 Å². The van der Waals surface area contributed by atoms with E-state index in [9.17, 15) is 4.79 Å². The molecule has 1 atom stereocenters. The second kappa shape index (κ2) is 9.48. The minimum atomic E-state index is 0.130. The van der Waals surface area contributed by atoms with Crippen LogP contribution in [0.2, 0.25) is 0 Å². The van der Waals surface area contributed by atoms with E-state index in [-0.39, 0.29) is 11.8 Å². The van der Waals surface area contributed by atoms with Gasteiger partial charge in [-0.05, 0) is 39.2 Å². The van der Waals surface area contributed by atoms with Crippen LogP contribution in [0.1, 0.15) is 37.1 Å². The Morgan fingerprint density at radius 1 is 1.35 bits per heavy atom. The van der Waals surface area contributed by atoms with E-state index >= 15 is 0 Å². The summed E-state index contributed by atoms with van der Waals surface area (Å²) in [5, 5.41) is 3.01. The number of amides is 1. The summed E-state index contributed by atoms with van der Waals surface area (Å²) in [5.74, 6) is 0.323. The summed E-state index contributed by atoms with van der Waals surface area (Å²) in [6, 6.07) is 0.612. The molecule has 7 heteroatoms. The zero-order valence-electron chi connectivity index (χ0n) is 16.2. The Kier molecular flexibility index (Phi) is 7.05. The highest BCUT2D eigenvalue weighted by atomic mass is 16.5. The van der Waals surface area contributed by atoms with Crippen molar-refractivity contribution in [2.24, 2.45) is 5.92 Å². The molecule has 0 aliphatic carbocycles. The number of likely N-dealkylation sites (tertiary alicyclic amines) is 2. The second-order valence-electron chi connectivity index (χ2n) is 7.60. The molecule has 0 aromatic carbocycles. The number of aromatic amines is 1. The van der Waals surface area contributed by atoms with Gasteiger partial charge in [0.1, 0.15) is 0 Å². The molecule has 3 rings (SSSR count). The minimum Gasteiger partial charge on any atom is -0.383 e. The topological polar surface area (TPSA) is 73.5 Å². The standard InChI is InChI=1S/C19H33N5O2/c1-15-18(22-14-21-15)13-23-9-5-17(6-10-23)24-8-3-4-16(12-24)19(25)20-7-11-26-2/h14,16-17H,3-13H2,1-2H3,(H,20,25)(H,21,22). The highest BCUT2D eigenvalue weighted by molar-refractivity contribution is 5.78. The molecule has 26 heavy (non-hydrogen) atoms. The van der Waals surface area contributed by atoms with E-state index in [1.807, 2.05) is 0 Å². The van der Waals surface area contributed by atoms with Crippen LogP contribution >= 0.6 is 0 Å². The van der Waals surface area contributed by atoms with Crippen LogP contribution < -0.4 is 5.32 Å². The van der Waals surface area contributed by atoms with E-state index in [1.54, 1.807) is 13.4 Å². The number of carbonyl (C=O) groups excluding carboxylic acids is 1. The fourth-order valence-electron chi connectivity index (χ4n) is 4.17. The minimum absolute atomic E-state index is 0.130. The lowest BCUT2D eigenvalue weighted by Gasteiger charge is -2.42. The van der Waals surface area contributed by atoms with Crippen LogP contribution in [0.25, 0.3) is 0 Å². The molecule has 7 nitrogen and oxygen atoms in total. The Morgan fingerprint density at radius 2 is 2.15 bits per heavy atom. The van der Waals surface area contributed by atoms with Crippen molar-refractivity contribution in [3.8, 4) is 0 Å². The number of carbonyl (C=O) groups is 1. The Balaban J connectivity index is 1.43. The monoisotopic (exact) mass is 363 g/mol.